The molecule has 1 fully saturated rings. The minimum Gasteiger partial charge on any atom is -0.384 e. The minimum atomic E-state index is -4.75. The van der Waals surface area contributed by atoms with Crippen LogP contribution in [0.3, 0.4) is 0 Å². The summed E-state index contributed by atoms with van der Waals surface area (Å²) in [5.74, 6) is 0. The SMILES string of the molecule is O=c1cc(C(F)(F)F)c2cc(N3CCC[C@@H]3C[C@H](O)C(F)(F)F)ccc2[nH]1. The zero-order valence-electron chi connectivity index (χ0n) is 13.9. The Hall–Kier alpha value is -2.23. The number of aliphatic hydroxyl groups excluding tert-OH is 1. The van der Waals surface area contributed by atoms with E-state index in [1.165, 1.54) is 18.2 Å². The third-order valence-corrected chi connectivity index (χ3v) is 4.71. The van der Waals surface area contributed by atoms with Gasteiger partial charge in [0.25, 0.3) is 0 Å². The molecule has 2 atom stereocenters. The van der Waals surface area contributed by atoms with E-state index in [0.717, 1.165) is 0 Å². The van der Waals surface area contributed by atoms with Crippen LogP contribution in [0.15, 0.2) is 29.1 Å². The highest BCUT2D eigenvalue weighted by molar-refractivity contribution is 5.86. The van der Waals surface area contributed by atoms with E-state index in [4.69, 9.17) is 0 Å². The van der Waals surface area contributed by atoms with Crippen LogP contribution < -0.4 is 10.5 Å². The summed E-state index contributed by atoms with van der Waals surface area (Å²) in [4.78, 5) is 15.3. The number of halogens is 6. The Kier molecular flexibility index (Phi) is 4.87. The number of alkyl halides is 6. The highest BCUT2D eigenvalue weighted by Gasteiger charge is 2.41. The van der Waals surface area contributed by atoms with Crippen molar-refractivity contribution >= 4 is 16.6 Å². The number of aromatic amines is 1. The first kappa shape index (κ1) is 19.5. The first-order valence-corrected chi connectivity index (χ1v) is 8.22. The predicted octanol–water partition coefficient (Wildman–Crippen LogP) is 3.83. The smallest absolute Gasteiger partial charge is 0.384 e. The molecule has 2 heterocycles. The van der Waals surface area contributed by atoms with Crippen molar-refractivity contribution in [1.29, 1.82) is 0 Å². The molecule has 0 aliphatic carbocycles. The first-order chi connectivity index (χ1) is 12.5. The number of pyridine rings is 1. The average molecular weight is 394 g/mol. The van der Waals surface area contributed by atoms with Gasteiger partial charge in [-0.1, -0.05) is 0 Å². The van der Waals surface area contributed by atoms with Gasteiger partial charge in [0, 0.05) is 41.7 Å². The number of anilines is 1. The lowest BCUT2D eigenvalue weighted by Gasteiger charge is -2.29. The van der Waals surface area contributed by atoms with Gasteiger partial charge in [0.15, 0.2) is 6.10 Å². The molecule has 1 saturated heterocycles. The zero-order valence-corrected chi connectivity index (χ0v) is 13.9. The molecule has 1 aliphatic heterocycles. The Labute approximate surface area is 149 Å². The molecule has 1 aromatic heterocycles. The van der Waals surface area contributed by atoms with Gasteiger partial charge in [-0.2, -0.15) is 26.3 Å². The molecular weight excluding hydrogens is 378 g/mol. The average Bonchev–Trinajstić information content (AvgIpc) is 3.00. The van der Waals surface area contributed by atoms with Crippen molar-refractivity contribution in [3.63, 3.8) is 0 Å². The molecule has 0 bridgehead atoms. The molecule has 2 aromatic rings. The van der Waals surface area contributed by atoms with Crippen LogP contribution in [0.1, 0.15) is 24.8 Å². The number of hydrogen-bond donors (Lipinski definition) is 2. The number of H-pyrrole nitrogens is 1. The third kappa shape index (κ3) is 4.05. The van der Waals surface area contributed by atoms with Crippen LogP contribution in [0.5, 0.6) is 0 Å². The largest absolute Gasteiger partial charge is 0.417 e. The van der Waals surface area contributed by atoms with Crippen molar-refractivity contribution in [2.24, 2.45) is 0 Å². The molecule has 27 heavy (non-hydrogen) atoms. The summed E-state index contributed by atoms with van der Waals surface area (Å²) in [7, 11) is 0. The maximum absolute atomic E-state index is 13.3. The Balaban J connectivity index is 1.99. The number of nitrogens with zero attached hydrogens (tertiary/aromatic N) is 1. The van der Waals surface area contributed by atoms with E-state index in [1.54, 1.807) is 4.90 Å². The summed E-state index contributed by atoms with van der Waals surface area (Å²) in [6.45, 7) is 0.367. The predicted molar refractivity (Wildman–Crippen MR) is 86.6 cm³/mol. The fourth-order valence-electron chi connectivity index (χ4n) is 3.47. The normalized spacial score (nSPS) is 19.7. The highest BCUT2D eigenvalue weighted by atomic mass is 19.4. The van der Waals surface area contributed by atoms with Gasteiger partial charge in [0.2, 0.25) is 5.56 Å². The Bertz CT molecular complexity index is 890. The van der Waals surface area contributed by atoms with Gasteiger partial charge in [0.1, 0.15) is 0 Å². The van der Waals surface area contributed by atoms with Crippen molar-refractivity contribution in [3.05, 3.63) is 40.2 Å². The van der Waals surface area contributed by atoms with Crippen LogP contribution in [-0.4, -0.2) is 35.0 Å². The molecule has 0 unspecified atom stereocenters. The highest BCUT2D eigenvalue weighted by Crippen LogP contribution is 2.37. The van der Waals surface area contributed by atoms with E-state index < -0.39 is 42.0 Å². The summed E-state index contributed by atoms with van der Waals surface area (Å²) < 4.78 is 77.7. The van der Waals surface area contributed by atoms with Crippen molar-refractivity contribution in [1.82, 2.24) is 4.98 Å². The van der Waals surface area contributed by atoms with E-state index in [9.17, 15) is 36.2 Å². The number of fused-ring (bicyclic) bond motifs is 1. The summed E-state index contributed by atoms with van der Waals surface area (Å²) >= 11 is 0. The molecule has 1 aromatic carbocycles. The van der Waals surface area contributed by atoms with Crippen molar-refractivity contribution in [2.75, 3.05) is 11.4 Å². The van der Waals surface area contributed by atoms with Gasteiger partial charge >= 0.3 is 12.4 Å². The number of rotatable bonds is 3. The second kappa shape index (κ2) is 6.74. The lowest BCUT2D eigenvalue weighted by Crippen LogP contribution is -2.38. The summed E-state index contributed by atoms with van der Waals surface area (Å²) in [6, 6.07) is 3.79. The van der Waals surface area contributed by atoms with Gasteiger partial charge in [-0.05, 0) is 31.0 Å². The monoisotopic (exact) mass is 394 g/mol. The number of benzene rings is 1. The maximum atomic E-state index is 13.3. The second-order valence-corrected chi connectivity index (χ2v) is 6.56. The molecule has 2 N–H and O–H groups in total. The topological polar surface area (TPSA) is 56.3 Å². The molecule has 0 amide bonds. The summed E-state index contributed by atoms with van der Waals surface area (Å²) in [6.07, 6.45) is -11.6. The molecule has 0 radical (unpaired) electrons. The number of nitrogens with one attached hydrogen (secondary N) is 1. The fourth-order valence-corrected chi connectivity index (χ4v) is 3.47. The molecule has 4 nitrogen and oxygen atoms in total. The van der Waals surface area contributed by atoms with Gasteiger partial charge in [0.05, 0.1) is 5.56 Å². The Morgan fingerprint density at radius 1 is 1.19 bits per heavy atom. The maximum Gasteiger partial charge on any atom is 0.417 e. The van der Waals surface area contributed by atoms with E-state index in [-0.39, 0.29) is 10.9 Å². The van der Waals surface area contributed by atoms with Crippen LogP contribution in [0.25, 0.3) is 10.9 Å². The molecule has 0 saturated carbocycles. The van der Waals surface area contributed by atoms with Gasteiger partial charge < -0.3 is 15.0 Å². The van der Waals surface area contributed by atoms with Crippen LogP contribution in [-0.2, 0) is 6.18 Å². The third-order valence-electron chi connectivity index (χ3n) is 4.71. The van der Waals surface area contributed by atoms with Crippen molar-refractivity contribution in [3.8, 4) is 0 Å². The van der Waals surface area contributed by atoms with Crippen LogP contribution in [0, 0.1) is 0 Å². The molecular formula is C17H16F6N2O2. The summed E-state index contributed by atoms with van der Waals surface area (Å²) in [5, 5.41) is 9.09. The van der Waals surface area contributed by atoms with E-state index in [0.29, 0.717) is 31.1 Å². The Morgan fingerprint density at radius 3 is 2.52 bits per heavy atom. The Morgan fingerprint density at radius 2 is 1.89 bits per heavy atom. The van der Waals surface area contributed by atoms with E-state index in [1.807, 2.05) is 0 Å². The van der Waals surface area contributed by atoms with Gasteiger partial charge in [-0.15, -0.1) is 0 Å². The molecule has 148 valence electrons. The number of hydrogen-bond acceptors (Lipinski definition) is 3. The quantitative estimate of drug-likeness (QED) is 0.779. The van der Waals surface area contributed by atoms with Crippen LogP contribution in [0.2, 0.25) is 0 Å². The summed E-state index contributed by atoms with van der Waals surface area (Å²) in [5.41, 5.74) is -1.69. The van der Waals surface area contributed by atoms with E-state index in [2.05, 4.69) is 4.98 Å². The molecule has 10 heteroatoms. The molecule has 3 rings (SSSR count). The van der Waals surface area contributed by atoms with Crippen LogP contribution in [0.4, 0.5) is 32.0 Å². The van der Waals surface area contributed by atoms with Crippen LogP contribution >= 0.6 is 0 Å². The van der Waals surface area contributed by atoms with Gasteiger partial charge in [-0.25, -0.2) is 0 Å². The van der Waals surface area contributed by atoms with Crippen molar-refractivity contribution in [2.45, 2.75) is 43.8 Å². The van der Waals surface area contributed by atoms with E-state index >= 15 is 0 Å². The lowest BCUT2D eigenvalue weighted by atomic mass is 10.0. The first-order valence-electron chi connectivity index (χ1n) is 8.22. The van der Waals surface area contributed by atoms with Gasteiger partial charge in [-0.3, -0.25) is 4.79 Å². The second-order valence-electron chi connectivity index (χ2n) is 6.56. The van der Waals surface area contributed by atoms with Crippen molar-refractivity contribution < 1.29 is 31.4 Å². The number of aliphatic hydroxyl groups is 1. The fraction of sp³-hybridized carbons (Fsp3) is 0.471. The molecule has 0 spiro atoms. The minimum absolute atomic E-state index is 0.00959. The lowest BCUT2D eigenvalue weighted by molar-refractivity contribution is -0.206. The molecule has 1 aliphatic rings. The zero-order chi connectivity index (χ0) is 20.0. The standard InChI is InChI=1S/C17H16F6N2O2/c18-16(19,20)12-8-15(27)24-13-4-3-10(6-11(12)13)25-5-1-2-9(25)7-14(26)17(21,22)23/h3-4,6,8-9,14,26H,1-2,5,7H2,(H,24,27)/t9-,14+/m1/s1. The number of aromatic nitrogens is 1.